The Morgan fingerprint density at radius 3 is 2.45 bits per heavy atom. The van der Waals surface area contributed by atoms with Crippen molar-refractivity contribution in [2.24, 2.45) is 0 Å². The van der Waals surface area contributed by atoms with Gasteiger partial charge in [-0.3, -0.25) is 19.2 Å². The first-order chi connectivity index (χ1) is 9.86. The molecule has 22 heavy (non-hydrogen) atoms. The molecular weight excluding hydrogens is 318 g/mol. The minimum atomic E-state index is -1.28. The van der Waals surface area contributed by atoms with E-state index in [1.807, 2.05) is 0 Å². The van der Waals surface area contributed by atoms with Gasteiger partial charge in [0.25, 0.3) is 5.56 Å². The molecule has 4 N–H and O–H groups in total. The second-order valence-electron chi connectivity index (χ2n) is 5.20. The number of likely N-dealkylation sites (N-methyl/N-ethyl adjacent to an activating group) is 1. The SMILES string of the molecule is CN(C)C1C(O)C(O)C(CO)OC1n1ccc(=O)[nH]c1=O.Cl. The average Bonchev–Trinajstić information content (AvgIpc) is 2.41. The molecule has 0 radical (unpaired) electrons. The quantitative estimate of drug-likeness (QED) is 0.480. The van der Waals surface area contributed by atoms with Crippen LogP contribution in [0.1, 0.15) is 6.23 Å². The molecule has 5 unspecified atom stereocenters. The molecule has 1 aliphatic rings. The van der Waals surface area contributed by atoms with Crippen LogP contribution in [-0.2, 0) is 4.74 Å². The van der Waals surface area contributed by atoms with Gasteiger partial charge >= 0.3 is 5.69 Å². The predicted molar refractivity (Wildman–Crippen MR) is 79.1 cm³/mol. The average molecular weight is 338 g/mol. The molecule has 10 heteroatoms. The molecule has 0 spiro atoms. The van der Waals surface area contributed by atoms with E-state index in [1.54, 1.807) is 19.0 Å². The van der Waals surface area contributed by atoms with Crippen molar-refractivity contribution in [1.82, 2.24) is 14.5 Å². The van der Waals surface area contributed by atoms with E-state index in [-0.39, 0.29) is 12.4 Å². The lowest BCUT2D eigenvalue weighted by Gasteiger charge is -2.45. The lowest BCUT2D eigenvalue weighted by molar-refractivity contribution is -0.232. The second kappa shape index (κ2) is 7.36. The van der Waals surface area contributed by atoms with Crippen LogP contribution in [0.15, 0.2) is 21.9 Å². The first-order valence-electron chi connectivity index (χ1n) is 6.47. The molecule has 0 bridgehead atoms. The van der Waals surface area contributed by atoms with E-state index < -0.39 is 48.4 Å². The van der Waals surface area contributed by atoms with E-state index in [0.717, 1.165) is 10.6 Å². The third kappa shape index (κ3) is 3.40. The summed E-state index contributed by atoms with van der Waals surface area (Å²) in [5.41, 5.74) is -1.24. The van der Waals surface area contributed by atoms with E-state index in [0.29, 0.717) is 0 Å². The summed E-state index contributed by atoms with van der Waals surface area (Å²) >= 11 is 0. The fourth-order valence-corrected chi connectivity index (χ4v) is 2.50. The topological polar surface area (TPSA) is 128 Å². The molecule has 1 aliphatic heterocycles. The Bertz CT molecular complexity index is 603. The molecule has 0 aliphatic carbocycles. The lowest BCUT2D eigenvalue weighted by atomic mass is 9.95. The first kappa shape index (κ1) is 18.8. The normalized spacial score (nSPS) is 31.8. The number of halogens is 1. The summed E-state index contributed by atoms with van der Waals surface area (Å²) in [4.78, 5) is 26.7. The number of nitrogens with zero attached hydrogens (tertiary/aromatic N) is 2. The number of ether oxygens (including phenoxy) is 1. The van der Waals surface area contributed by atoms with Crippen molar-refractivity contribution >= 4 is 12.4 Å². The van der Waals surface area contributed by atoms with Crippen LogP contribution in [0.25, 0.3) is 0 Å². The Labute approximate surface area is 132 Å². The molecule has 1 fully saturated rings. The molecular formula is C12H20ClN3O6. The van der Waals surface area contributed by atoms with Gasteiger partial charge in [0.2, 0.25) is 0 Å². The van der Waals surface area contributed by atoms with Gasteiger partial charge in [-0.1, -0.05) is 0 Å². The zero-order valence-corrected chi connectivity index (χ0v) is 12.9. The van der Waals surface area contributed by atoms with Crippen molar-refractivity contribution in [1.29, 1.82) is 0 Å². The number of hydrogen-bond donors (Lipinski definition) is 4. The molecule has 0 saturated carbocycles. The zero-order chi connectivity index (χ0) is 15.7. The molecule has 0 amide bonds. The fraction of sp³-hybridized carbons (Fsp3) is 0.667. The van der Waals surface area contributed by atoms with E-state index in [9.17, 15) is 24.9 Å². The maximum absolute atomic E-state index is 11.9. The van der Waals surface area contributed by atoms with Crippen LogP contribution in [0.2, 0.25) is 0 Å². The van der Waals surface area contributed by atoms with Crippen LogP contribution < -0.4 is 11.2 Å². The van der Waals surface area contributed by atoms with Gasteiger partial charge in [-0.15, -0.1) is 12.4 Å². The van der Waals surface area contributed by atoms with E-state index in [1.165, 1.54) is 6.20 Å². The van der Waals surface area contributed by atoms with Gasteiger partial charge in [0, 0.05) is 12.3 Å². The maximum Gasteiger partial charge on any atom is 0.330 e. The van der Waals surface area contributed by atoms with Gasteiger partial charge in [-0.05, 0) is 14.1 Å². The monoisotopic (exact) mass is 337 g/mol. The largest absolute Gasteiger partial charge is 0.394 e. The minimum absolute atomic E-state index is 0. The van der Waals surface area contributed by atoms with Gasteiger partial charge in [0.15, 0.2) is 6.23 Å². The number of H-pyrrole nitrogens is 1. The molecule has 1 aromatic rings. The first-order valence-corrected chi connectivity index (χ1v) is 6.47. The molecule has 2 heterocycles. The molecule has 9 nitrogen and oxygen atoms in total. The van der Waals surface area contributed by atoms with Crippen LogP contribution in [-0.4, -0.2) is 74.8 Å². The van der Waals surface area contributed by atoms with Crippen LogP contribution in [0, 0.1) is 0 Å². The van der Waals surface area contributed by atoms with Crippen molar-refractivity contribution in [2.75, 3.05) is 20.7 Å². The van der Waals surface area contributed by atoms with Gasteiger partial charge in [0.1, 0.15) is 18.3 Å². The van der Waals surface area contributed by atoms with Crippen molar-refractivity contribution in [3.05, 3.63) is 33.1 Å². The highest BCUT2D eigenvalue weighted by Gasteiger charge is 2.46. The summed E-state index contributed by atoms with van der Waals surface area (Å²) in [5.74, 6) is 0. The van der Waals surface area contributed by atoms with Crippen molar-refractivity contribution in [3.8, 4) is 0 Å². The predicted octanol–water partition coefficient (Wildman–Crippen LogP) is -2.50. The summed E-state index contributed by atoms with van der Waals surface area (Å²) in [5, 5.41) is 29.4. The van der Waals surface area contributed by atoms with Crippen molar-refractivity contribution in [2.45, 2.75) is 30.6 Å². The second-order valence-corrected chi connectivity index (χ2v) is 5.20. The summed E-state index contributed by atoms with van der Waals surface area (Å²) in [6.07, 6.45) is -3.24. The third-order valence-corrected chi connectivity index (χ3v) is 3.59. The number of nitrogens with one attached hydrogen (secondary N) is 1. The third-order valence-electron chi connectivity index (χ3n) is 3.59. The molecule has 0 aromatic carbocycles. The summed E-state index contributed by atoms with van der Waals surface area (Å²) in [7, 11) is 3.32. The van der Waals surface area contributed by atoms with Crippen LogP contribution in [0.3, 0.4) is 0 Å². The highest BCUT2D eigenvalue weighted by atomic mass is 35.5. The van der Waals surface area contributed by atoms with Crippen molar-refractivity contribution in [3.63, 3.8) is 0 Å². The molecule has 126 valence electrons. The number of hydrogen-bond acceptors (Lipinski definition) is 7. The number of aromatic nitrogens is 2. The van der Waals surface area contributed by atoms with Crippen LogP contribution >= 0.6 is 12.4 Å². The Hall–Kier alpha value is -1.23. The number of aromatic amines is 1. The Morgan fingerprint density at radius 1 is 1.32 bits per heavy atom. The van der Waals surface area contributed by atoms with Crippen LogP contribution in [0.5, 0.6) is 0 Å². The van der Waals surface area contributed by atoms with Gasteiger partial charge in [-0.25, -0.2) is 4.79 Å². The van der Waals surface area contributed by atoms with Crippen molar-refractivity contribution < 1.29 is 20.1 Å². The Kier molecular flexibility index (Phi) is 6.29. The summed E-state index contributed by atoms with van der Waals surface area (Å²) in [6, 6.07) is 0.425. The number of aliphatic hydroxyl groups excluding tert-OH is 3. The number of rotatable bonds is 3. The van der Waals surface area contributed by atoms with E-state index in [2.05, 4.69) is 4.98 Å². The maximum atomic E-state index is 11.9. The minimum Gasteiger partial charge on any atom is -0.394 e. The smallest absolute Gasteiger partial charge is 0.330 e. The zero-order valence-electron chi connectivity index (χ0n) is 12.1. The molecule has 2 rings (SSSR count). The van der Waals surface area contributed by atoms with Gasteiger partial charge in [0.05, 0.1) is 12.6 Å². The van der Waals surface area contributed by atoms with E-state index >= 15 is 0 Å². The van der Waals surface area contributed by atoms with Gasteiger partial charge < -0.3 is 20.1 Å². The summed E-state index contributed by atoms with van der Waals surface area (Å²) < 4.78 is 6.65. The van der Waals surface area contributed by atoms with E-state index in [4.69, 9.17) is 4.74 Å². The highest BCUT2D eigenvalue weighted by molar-refractivity contribution is 5.85. The van der Waals surface area contributed by atoms with Gasteiger partial charge in [-0.2, -0.15) is 0 Å². The molecule has 1 saturated heterocycles. The Balaban J connectivity index is 0.00000242. The fourth-order valence-electron chi connectivity index (χ4n) is 2.50. The molecule has 1 aromatic heterocycles. The Morgan fingerprint density at radius 2 is 1.95 bits per heavy atom. The van der Waals surface area contributed by atoms with Crippen LogP contribution in [0.4, 0.5) is 0 Å². The standard InChI is InChI=1S/C12H19N3O6.ClH/c1-14(2)8-10(19)9(18)6(5-16)21-11(8)15-4-3-7(17)13-12(15)20;/h3-4,6,8-11,16,18-19H,5H2,1-2H3,(H,13,17,20);1H. The molecule has 5 atom stereocenters. The lowest BCUT2D eigenvalue weighted by Crippen LogP contribution is -2.61. The highest BCUT2D eigenvalue weighted by Crippen LogP contribution is 2.29. The number of aliphatic hydroxyl groups is 3. The summed E-state index contributed by atoms with van der Waals surface area (Å²) in [6.45, 7) is -0.507.